The predicted octanol–water partition coefficient (Wildman–Crippen LogP) is 3.02. The van der Waals surface area contributed by atoms with Crippen LogP contribution in [0.15, 0.2) is 57.0 Å². The zero-order chi connectivity index (χ0) is 22.6. The molecule has 2 aromatic carbocycles. The Morgan fingerprint density at radius 1 is 1.28 bits per heavy atom. The van der Waals surface area contributed by atoms with Crippen molar-refractivity contribution >= 4 is 44.5 Å². The Morgan fingerprint density at radius 2 is 2.12 bits per heavy atom. The van der Waals surface area contributed by atoms with E-state index in [1.807, 2.05) is 0 Å². The molecule has 0 bridgehead atoms. The number of aromatic nitrogens is 1. The number of carbonyl (C=O) groups is 1. The number of ether oxygens (including phenoxy) is 2. The molecule has 1 saturated heterocycles. The lowest BCUT2D eigenvalue weighted by Crippen LogP contribution is -2.32. The second-order valence-electron chi connectivity index (χ2n) is 7.14. The molecular weight excluding hydrogens is 454 g/mol. The molecule has 1 aliphatic heterocycles. The third-order valence-corrected chi connectivity index (χ3v) is 7.07. The van der Waals surface area contributed by atoms with Crippen LogP contribution >= 0.6 is 11.8 Å². The van der Waals surface area contributed by atoms with Gasteiger partial charge >= 0.3 is 0 Å². The molecule has 0 radical (unpaired) electrons. The summed E-state index contributed by atoms with van der Waals surface area (Å²) < 4.78 is 44.5. The van der Waals surface area contributed by atoms with E-state index in [0.29, 0.717) is 34.3 Å². The summed E-state index contributed by atoms with van der Waals surface area (Å²) in [7, 11) is -2.40. The highest BCUT2D eigenvalue weighted by Gasteiger charge is 2.19. The molecular formula is C21H23N3O6S2. The SMILES string of the molecule is COc1ccccc1NS(=O)(=O)c1ccc2oc(SCC(=O)NC[C@@H]3CCCO3)nc2c1. The Kier molecular flexibility index (Phi) is 6.87. The summed E-state index contributed by atoms with van der Waals surface area (Å²) in [6, 6.07) is 11.2. The zero-order valence-electron chi connectivity index (χ0n) is 17.4. The largest absolute Gasteiger partial charge is 0.495 e. The molecule has 1 aromatic heterocycles. The van der Waals surface area contributed by atoms with Crippen LogP contribution in [0.4, 0.5) is 5.69 Å². The molecule has 11 heteroatoms. The molecule has 2 heterocycles. The van der Waals surface area contributed by atoms with E-state index in [2.05, 4.69) is 15.0 Å². The minimum atomic E-state index is -3.86. The standard InChI is InChI=1S/C21H23N3O6S2/c1-28-18-7-3-2-6-16(18)24-32(26,27)15-8-9-19-17(11-15)23-21(30-19)31-13-20(25)22-12-14-5-4-10-29-14/h2-3,6-9,11,14,24H,4-5,10,12-13H2,1H3,(H,22,25)/t14-/m0/s1. The fourth-order valence-electron chi connectivity index (χ4n) is 3.26. The molecule has 32 heavy (non-hydrogen) atoms. The van der Waals surface area contributed by atoms with Crippen LogP contribution in [0.1, 0.15) is 12.8 Å². The van der Waals surface area contributed by atoms with Crippen molar-refractivity contribution in [3.8, 4) is 5.75 Å². The minimum Gasteiger partial charge on any atom is -0.495 e. The van der Waals surface area contributed by atoms with Gasteiger partial charge in [0.25, 0.3) is 15.2 Å². The number of carbonyl (C=O) groups excluding carboxylic acids is 1. The molecule has 3 aromatic rings. The summed E-state index contributed by atoms with van der Waals surface area (Å²) in [6.07, 6.45) is 2.05. The summed E-state index contributed by atoms with van der Waals surface area (Å²) in [6.45, 7) is 1.23. The Hall–Kier alpha value is -2.76. The first-order valence-corrected chi connectivity index (χ1v) is 12.5. The monoisotopic (exact) mass is 477 g/mol. The molecule has 0 saturated carbocycles. The Balaban J connectivity index is 1.41. The minimum absolute atomic E-state index is 0.0371. The summed E-state index contributed by atoms with van der Waals surface area (Å²) in [5, 5.41) is 3.13. The Labute approximate surface area is 189 Å². The van der Waals surface area contributed by atoms with Gasteiger partial charge in [0.05, 0.1) is 29.5 Å². The number of methoxy groups -OCH3 is 1. The molecule has 9 nitrogen and oxygen atoms in total. The highest BCUT2D eigenvalue weighted by molar-refractivity contribution is 7.99. The van der Waals surface area contributed by atoms with E-state index in [9.17, 15) is 13.2 Å². The van der Waals surface area contributed by atoms with E-state index in [1.165, 1.54) is 19.2 Å². The second-order valence-corrected chi connectivity index (χ2v) is 9.75. The highest BCUT2D eigenvalue weighted by atomic mass is 32.2. The maximum Gasteiger partial charge on any atom is 0.262 e. The summed E-state index contributed by atoms with van der Waals surface area (Å²) in [4.78, 5) is 16.4. The number of sulfonamides is 1. The van der Waals surface area contributed by atoms with Gasteiger partial charge in [0.2, 0.25) is 5.91 Å². The predicted molar refractivity (Wildman–Crippen MR) is 121 cm³/mol. The molecule has 0 spiro atoms. The number of nitrogens with zero attached hydrogens (tertiary/aromatic N) is 1. The van der Waals surface area contributed by atoms with Crippen molar-refractivity contribution in [2.24, 2.45) is 0 Å². The summed E-state index contributed by atoms with van der Waals surface area (Å²) in [5.41, 5.74) is 1.15. The molecule has 0 unspecified atom stereocenters. The van der Waals surface area contributed by atoms with Crippen LogP contribution in [0.25, 0.3) is 11.1 Å². The lowest BCUT2D eigenvalue weighted by Gasteiger charge is -2.11. The van der Waals surface area contributed by atoms with Gasteiger partial charge < -0.3 is 19.2 Å². The second kappa shape index (κ2) is 9.80. The molecule has 0 aliphatic carbocycles. The van der Waals surface area contributed by atoms with Crippen LogP contribution in [0, 0.1) is 0 Å². The van der Waals surface area contributed by atoms with Crippen molar-refractivity contribution in [2.45, 2.75) is 29.1 Å². The van der Waals surface area contributed by atoms with Crippen molar-refractivity contribution in [2.75, 3.05) is 30.7 Å². The molecule has 2 N–H and O–H groups in total. The number of amides is 1. The number of hydrogen-bond donors (Lipinski definition) is 2. The van der Waals surface area contributed by atoms with Crippen LogP contribution in [0.5, 0.6) is 5.75 Å². The van der Waals surface area contributed by atoms with Gasteiger partial charge in [-0.05, 0) is 43.2 Å². The lowest BCUT2D eigenvalue weighted by atomic mass is 10.2. The molecule has 1 aliphatic rings. The summed E-state index contributed by atoms with van der Waals surface area (Å²) in [5.74, 6) is 0.409. The van der Waals surface area contributed by atoms with Gasteiger partial charge in [0.1, 0.15) is 11.3 Å². The van der Waals surface area contributed by atoms with Gasteiger partial charge in [0, 0.05) is 13.2 Å². The maximum atomic E-state index is 12.8. The first-order valence-electron chi connectivity index (χ1n) is 10.0. The number of rotatable bonds is 9. The number of nitrogens with one attached hydrogen (secondary N) is 2. The zero-order valence-corrected chi connectivity index (χ0v) is 19.0. The maximum absolute atomic E-state index is 12.8. The van der Waals surface area contributed by atoms with Crippen molar-refractivity contribution in [3.05, 3.63) is 42.5 Å². The van der Waals surface area contributed by atoms with E-state index in [1.54, 1.807) is 30.3 Å². The third kappa shape index (κ3) is 5.34. The van der Waals surface area contributed by atoms with E-state index >= 15 is 0 Å². The van der Waals surface area contributed by atoms with Crippen molar-refractivity contribution in [3.63, 3.8) is 0 Å². The van der Waals surface area contributed by atoms with Crippen LogP contribution in [-0.2, 0) is 19.6 Å². The van der Waals surface area contributed by atoms with E-state index in [0.717, 1.165) is 31.2 Å². The fraction of sp³-hybridized carbons (Fsp3) is 0.333. The molecule has 4 rings (SSSR count). The molecule has 1 amide bonds. The van der Waals surface area contributed by atoms with Gasteiger partial charge in [-0.25, -0.2) is 13.4 Å². The van der Waals surface area contributed by atoms with Crippen molar-refractivity contribution in [1.29, 1.82) is 0 Å². The molecule has 170 valence electrons. The third-order valence-electron chi connectivity index (χ3n) is 4.88. The molecule has 1 fully saturated rings. The normalized spacial score (nSPS) is 16.2. The number of benzene rings is 2. The van der Waals surface area contributed by atoms with Crippen LogP contribution < -0.4 is 14.8 Å². The Morgan fingerprint density at radius 3 is 2.91 bits per heavy atom. The van der Waals surface area contributed by atoms with Crippen molar-refractivity contribution in [1.82, 2.24) is 10.3 Å². The van der Waals surface area contributed by atoms with Gasteiger partial charge in [-0.1, -0.05) is 23.9 Å². The topological polar surface area (TPSA) is 120 Å². The van der Waals surface area contributed by atoms with Gasteiger partial charge in [-0.2, -0.15) is 0 Å². The van der Waals surface area contributed by atoms with Crippen molar-refractivity contribution < 1.29 is 27.1 Å². The van der Waals surface area contributed by atoms with Gasteiger partial charge in [-0.15, -0.1) is 0 Å². The average Bonchev–Trinajstić information content (AvgIpc) is 3.45. The van der Waals surface area contributed by atoms with E-state index in [4.69, 9.17) is 13.9 Å². The van der Waals surface area contributed by atoms with Crippen LogP contribution in [-0.4, -0.2) is 51.4 Å². The average molecular weight is 478 g/mol. The number of thioether (sulfide) groups is 1. The van der Waals surface area contributed by atoms with E-state index < -0.39 is 10.0 Å². The van der Waals surface area contributed by atoms with E-state index in [-0.39, 0.29) is 22.7 Å². The van der Waals surface area contributed by atoms with Gasteiger partial charge in [0.15, 0.2) is 5.58 Å². The Bertz CT molecular complexity index is 1210. The first kappa shape index (κ1) is 22.4. The molecule has 1 atom stereocenters. The number of fused-ring (bicyclic) bond motifs is 1. The lowest BCUT2D eigenvalue weighted by molar-refractivity contribution is -0.119. The van der Waals surface area contributed by atoms with Crippen LogP contribution in [0.2, 0.25) is 0 Å². The number of oxazole rings is 1. The number of para-hydroxylation sites is 2. The first-order chi connectivity index (χ1) is 15.4. The quantitative estimate of drug-likeness (QED) is 0.451. The fourth-order valence-corrected chi connectivity index (χ4v) is 5.02. The van der Waals surface area contributed by atoms with Gasteiger partial charge in [-0.3, -0.25) is 9.52 Å². The van der Waals surface area contributed by atoms with Crippen LogP contribution in [0.3, 0.4) is 0 Å². The number of anilines is 1. The summed E-state index contributed by atoms with van der Waals surface area (Å²) >= 11 is 1.15. The smallest absolute Gasteiger partial charge is 0.262 e. The number of hydrogen-bond acceptors (Lipinski definition) is 8. The highest BCUT2D eigenvalue weighted by Crippen LogP contribution is 2.29.